The Morgan fingerprint density at radius 2 is 1.30 bits per heavy atom. The van der Waals surface area contributed by atoms with Gasteiger partial charge in [-0.1, -0.05) is 24.3 Å². The van der Waals surface area contributed by atoms with Gasteiger partial charge in [-0.25, -0.2) is 14.4 Å². The third-order valence-electron chi connectivity index (χ3n) is 7.83. The first-order valence-corrected chi connectivity index (χ1v) is 15.8. The van der Waals surface area contributed by atoms with E-state index in [1.807, 2.05) is 0 Å². The number of carboxylic acids is 2. The maximum Gasteiger partial charge on any atom is 0.345 e. The van der Waals surface area contributed by atoms with Crippen LogP contribution in [0.5, 0.6) is 40.2 Å². The number of hydrogen-bond donors (Lipinski definition) is 8. The Balaban J connectivity index is 0.000000321. The molecule has 1 aliphatic heterocycles. The summed E-state index contributed by atoms with van der Waals surface area (Å²) in [6.45, 7) is 1.12. The molecule has 0 bridgehead atoms. The van der Waals surface area contributed by atoms with Gasteiger partial charge in [-0.05, 0) is 76.0 Å². The van der Waals surface area contributed by atoms with Gasteiger partial charge in [0.2, 0.25) is 12.2 Å². The van der Waals surface area contributed by atoms with Gasteiger partial charge in [0.1, 0.15) is 17.5 Å². The van der Waals surface area contributed by atoms with Gasteiger partial charge < -0.3 is 55.1 Å². The maximum atomic E-state index is 12.4. The summed E-state index contributed by atoms with van der Waals surface area (Å²) in [7, 11) is 0. The lowest BCUT2D eigenvalue weighted by Crippen LogP contribution is -2.28. The van der Waals surface area contributed by atoms with Crippen molar-refractivity contribution in [2.75, 3.05) is 0 Å². The van der Waals surface area contributed by atoms with E-state index in [1.165, 1.54) is 60.7 Å². The lowest BCUT2D eigenvalue weighted by molar-refractivity contribution is -0.162. The van der Waals surface area contributed by atoms with Crippen LogP contribution in [-0.4, -0.2) is 76.9 Å². The third kappa shape index (κ3) is 10.2. The van der Waals surface area contributed by atoms with Gasteiger partial charge in [-0.15, -0.1) is 4.91 Å². The molecule has 0 amide bonds. The summed E-state index contributed by atoms with van der Waals surface area (Å²) in [4.78, 5) is 56.2. The minimum atomic E-state index is -1.55. The number of phenols is 6. The highest BCUT2D eigenvalue weighted by molar-refractivity contribution is 5.89. The molecule has 54 heavy (non-hydrogen) atoms. The largest absolute Gasteiger partial charge is 0.506 e. The molecule has 1 aliphatic rings. The number of aromatic hydroxyl groups is 6. The van der Waals surface area contributed by atoms with E-state index < -0.39 is 47.9 Å². The van der Waals surface area contributed by atoms with Gasteiger partial charge in [0, 0.05) is 37.8 Å². The summed E-state index contributed by atoms with van der Waals surface area (Å²) in [6.07, 6.45) is -1.05. The number of nitroso groups, excluding NO2 is 1. The average Bonchev–Trinajstić information content (AvgIpc) is 3.57. The second kappa shape index (κ2) is 17.3. The van der Waals surface area contributed by atoms with Crippen LogP contribution in [0.4, 0.5) is 5.69 Å². The van der Waals surface area contributed by atoms with Crippen LogP contribution >= 0.6 is 0 Å². The summed E-state index contributed by atoms with van der Waals surface area (Å²) >= 11 is 0. The Morgan fingerprint density at radius 3 is 1.80 bits per heavy atom. The van der Waals surface area contributed by atoms with E-state index in [9.17, 15) is 54.7 Å². The van der Waals surface area contributed by atoms with E-state index in [4.69, 9.17) is 19.7 Å². The van der Waals surface area contributed by atoms with Crippen LogP contribution in [0.25, 0.3) is 6.08 Å². The second-order valence-corrected chi connectivity index (χ2v) is 11.7. The Bertz CT molecular complexity index is 2110. The molecule has 0 unspecified atom stereocenters. The first-order valence-electron chi connectivity index (χ1n) is 15.8. The van der Waals surface area contributed by atoms with Crippen LogP contribution in [0.1, 0.15) is 40.8 Å². The van der Waals surface area contributed by atoms with E-state index in [1.54, 1.807) is 12.1 Å². The highest BCUT2D eigenvalue weighted by atomic mass is 16.6. The fraction of sp³-hybridized carbons (Fsp3) is 0.189. The zero-order chi connectivity index (χ0) is 39.7. The van der Waals surface area contributed by atoms with E-state index in [0.29, 0.717) is 27.8 Å². The van der Waals surface area contributed by atoms with E-state index in [-0.39, 0.29) is 59.4 Å². The number of benzene rings is 4. The number of aliphatic carboxylic acids is 2. The topological polar surface area (TPSA) is 287 Å². The van der Waals surface area contributed by atoms with Crippen molar-refractivity contribution in [3.05, 3.63) is 106 Å². The average molecular weight is 748 g/mol. The molecule has 17 heteroatoms. The lowest BCUT2D eigenvalue weighted by Gasteiger charge is -2.13. The fourth-order valence-electron chi connectivity index (χ4n) is 5.22. The summed E-state index contributed by atoms with van der Waals surface area (Å²) in [6, 6.07) is 14.8. The molecule has 4 aromatic rings. The minimum Gasteiger partial charge on any atom is -0.506 e. The normalized spacial score (nSPS) is 14.1. The molecule has 0 saturated heterocycles. The minimum absolute atomic E-state index is 0.0806. The Labute approximate surface area is 305 Å². The van der Waals surface area contributed by atoms with Crippen molar-refractivity contribution in [3.63, 3.8) is 0 Å². The molecule has 4 aromatic carbocycles. The number of fused-ring (bicyclic) bond motifs is 1. The van der Waals surface area contributed by atoms with Gasteiger partial charge in [0.05, 0.1) is 0 Å². The highest BCUT2D eigenvalue weighted by Gasteiger charge is 2.30. The Morgan fingerprint density at radius 1 is 0.741 bits per heavy atom. The first-order chi connectivity index (χ1) is 25.6. The second-order valence-electron chi connectivity index (χ2n) is 11.7. The highest BCUT2D eigenvalue weighted by Crippen LogP contribution is 2.45. The monoisotopic (exact) mass is 747 g/mol. The molecular weight excluding hydrogens is 714 g/mol. The molecule has 282 valence electrons. The van der Waals surface area contributed by atoms with Crippen molar-refractivity contribution < 1.29 is 74.2 Å². The predicted molar refractivity (Wildman–Crippen MR) is 185 cm³/mol. The molecule has 8 N–H and O–H groups in total. The predicted octanol–water partition coefficient (Wildman–Crippen LogP) is 4.49. The summed E-state index contributed by atoms with van der Waals surface area (Å²) in [5.41, 5.74) is 2.28. The van der Waals surface area contributed by atoms with E-state index >= 15 is 0 Å². The van der Waals surface area contributed by atoms with E-state index in [2.05, 4.69) is 9.91 Å². The van der Waals surface area contributed by atoms with Gasteiger partial charge in [0.15, 0.2) is 34.5 Å². The van der Waals surface area contributed by atoms with Crippen LogP contribution < -0.4 is 4.74 Å². The number of nitrogens with zero attached hydrogens (tertiary/aromatic N) is 1. The van der Waals surface area contributed by atoms with Crippen molar-refractivity contribution in [3.8, 4) is 40.2 Å². The molecule has 0 fully saturated rings. The van der Waals surface area contributed by atoms with Crippen LogP contribution in [-0.2, 0) is 47.9 Å². The number of carboxylic acid groups (broad SMARTS) is 2. The molecule has 1 heterocycles. The zero-order valence-corrected chi connectivity index (χ0v) is 28.1. The molecule has 0 saturated carbocycles. The molecule has 0 radical (unpaired) electrons. The number of esters is 2. The summed E-state index contributed by atoms with van der Waals surface area (Å²) < 4.78 is 15.5. The zero-order valence-electron chi connectivity index (χ0n) is 28.1. The van der Waals surface area contributed by atoms with Gasteiger partial charge in [-0.2, -0.15) is 0 Å². The molecule has 0 aliphatic carbocycles. The molecule has 3 atom stereocenters. The van der Waals surface area contributed by atoms with Crippen molar-refractivity contribution in [2.45, 2.75) is 44.5 Å². The van der Waals surface area contributed by atoms with Crippen molar-refractivity contribution in [1.82, 2.24) is 0 Å². The molecular formula is C37H33NO16. The van der Waals surface area contributed by atoms with Crippen molar-refractivity contribution >= 4 is 35.6 Å². The Hall–Kier alpha value is -7.30. The van der Waals surface area contributed by atoms with Crippen LogP contribution in [0, 0.1) is 4.91 Å². The van der Waals surface area contributed by atoms with Crippen molar-refractivity contribution in [1.29, 1.82) is 0 Å². The van der Waals surface area contributed by atoms with Gasteiger partial charge in [0.25, 0.3) is 0 Å². The smallest absolute Gasteiger partial charge is 0.345 e. The summed E-state index contributed by atoms with van der Waals surface area (Å²) in [5.74, 6) is -5.99. The Kier molecular flexibility index (Phi) is 12.6. The van der Waals surface area contributed by atoms with E-state index in [0.717, 1.165) is 13.0 Å². The van der Waals surface area contributed by atoms with Crippen molar-refractivity contribution in [2.24, 2.45) is 5.18 Å². The third-order valence-corrected chi connectivity index (χ3v) is 7.83. The molecule has 0 spiro atoms. The van der Waals surface area contributed by atoms with Gasteiger partial charge in [-0.3, -0.25) is 4.79 Å². The maximum absolute atomic E-state index is 12.4. The summed E-state index contributed by atoms with van der Waals surface area (Å²) in [5, 5.41) is 78.5. The lowest BCUT2D eigenvalue weighted by atomic mass is 9.98. The SMILES string of the molecule is CC(=O)O[C@H](Cc1ccc(O)c(O)c1)C(=O)O.O=Nc1ccc([C@@H]2Cc3c(/C=C/C(=O)O[C@H](Cc4ccc(O)c(O)c4)C(=O)O)ccc(O)c3O2)cc1O. The number of carbonyl (C=O) groups is 4. The number of hydrogen-bond acceptors (Lipinski definition) is 15. The number of rotatable bonds is 12. The molecule has 17 nitrogen and oxygen atoms in total. The van der Waals surface area contributed by atoms with Crippen LogP contribution in [0.2, 0.25) is 0 Å². The standard InChI is InChI=1S/C26H21NO10.C11H12O6/c28-18-6-1-13(9-21(18)31)10-23(26(33)34)36-24(32)8-4-14-3-7-19(29)25-16(14)12-22(37-25)15-2-5-17(27-35)20(30)11-15;1-6(12)17-10(11(15)16)5-7-2-3-8(13)9(14)4-7/h1-9,11,22-23,28-31H,10,12H2,(H,33,34);2-4,10,13-14H,5H2,1H3,(H,15,16)/b8-4+;/t22-,23+;10-/m01/s1. The number of carbonyl (C=O) groups excluding carboxylic acids is 2. The van der Waals surface area contributed by atoms with Gasteiger partial charge >= 0.3 is 23.9 Å². The van der Waals surface area contributed by atoms with Crippen LogP contribution in [0.15, 0.2) is 78.0 Å². The first kappa shape index (κ1) is 39.5. The van der Waals surface area contributed by atoms with Crippen LogP contribution in [0.3, 0.4) is 0 Å². The number of ether oxygens (including phenoxy) is 3. The number of phenolic OH excluding ortho intramolecular Hbond substituents is 6. The fourth-order valence-corrected chi connectivity index (χ4v) is 5.22. The quantitative estimate of drug-likeness (QED) is 0.0429. The molecule has 0 aromatic heterocycles. The molecule has 5 rings (SSSR count).